The molecule has 2 aromatic carbocycles. The van der Waals surface area contributed by atoms with Crippen LogP contribution in [0, 0.1) is 0 Å². The van der Waals surface area contributed by atoms with Crippen LogP contribution in [-0.4, -0.2) is 16.2 Å². The number of hydrogen-bond donors (Lipinski definition) is 2. The van der Waals surface area contributed by atoms with Gasteiger partial charge in [0.15, 0.2) is 0 Å². The summed E-state index contributed by atoms with van der Waals surface area (Å²) < 4.78 is 12.5. The zero-order valence-corrected chi connectivity index (χ0v) is 13.5. The summed E-state index contributed by atoms with van der Waals surface area (Å²) in [6.07, 6.45) is 0.959. The van der Waals surface area contributed by atoms with Gasteiger partial charge in [0.2, 0.25) is 5.91 Å². The smallest absolute Gasteiger partial charge is 0.240 e. The van der Waals surface area contributed by atoms with Crippen LogP contribution in [0.1, 0.15) is 19.4 Å². The fourth-order valence-electron chi connectivity index (χ4n) is 1.90. The van der Waals surface area contributed by atoms with Gasteiger partial charge in [0, 0.05) is 15.5 Å². The molecule has 5 heteroatoms. The zero-order chi connectivity index (χ0) is 16.1. The monoisotopic (exact) mass is 316 g/mol. The van der Waals surface area contributed by atoms with Crippen molar-refractivity contribution in [3.8, 4) is 0 Å². The van der Waals surface area contributed by atoms with Crippen LogP contribution in [0.5, 0.6) is 0 Å². The zero-order valence-electron chi connectivity index (χ0n) is 12.7. The van der Waals surface area contributed by atoms with Gasteiger partial charge in [-0.2, -0.15) is 0 Å². The Labute approximate surface area is 133 Å². The van der Waals surface area contributed by atoms with Crippen LogP contribution in [0.2, 0.25) is 0 Å². The molecule has 2 rings (SSSR count). The van der Waals surface area contributed by atoms with Gasteiger partial charge in [-0.15, -0.1) is 0 Å². The van der Waals surface area contributed by atoms with Crippen molar-refractivity contribution < 1.29 is 9.00 Å². The number of carbonyl (C=O) groups is 1. The lowest BCUT2D eigenvalue weighted by Crippen LogP contribution is -2.32. The minimum Gasteiger partial charge on any atom is -0.325 e. The van der Waals surface area contributed by atoms with Gasteiger partial charge in [0.05, 0.1) is 16.8 Å². The first-order valence-corrected chi connectivity index (χ1v) is 8.33. The van der Waals surface area contributed by atoms with E-state index < -0.39 is 16.8 Å². The summed E-state index contributed by atoms with van der Waals surface area (Å²) in [4.78, 5) is 13.0. The van der Waals surface area contributed by atoms with E-state index in [9.17, 15) is 9.00 Å². The first-order valence-electron chi connectivity index (χ1n) is 7.18. The van der Waals surface area contributed by atoms with E-state index in [0.29, 0.717) is 10.6 Å². The van der Waals surface area contributed by atoms with Crippen LogP contribution in [0.3, 0.4) is 0 Å². The molecule has 2 atom stereocenters. The molecule has 0 heterocycles. The molecular formula is C17H20N2O2S. The molecule has 3 N–H and O–H groups in total. The number of rotatable bonds is 5. The maximum absolute atomic E-state index is 12.5. The van der Waals surface area contributed by atoms with Crippen molar-refractivity contribution in [2.24, 2.45) is 5.73 Å². The van der Waals surface area contributed by atoms with Crippen LogP contribution in [0.4, 0.5) is 5.69 Å². The number of nitrogens with one attached hydrogen (secondary N) is 1. The highest BCUT2D eigenvalue weighted by atomic mass is 32.2. The van der Waals surface area contributed by atoms with Gasteiger partial charge in [-0.1, -0.05) is 19.1 Å². The standard InChI is InChI=1S/C17H20N2O2S/c1-3-13-4-8-15(9-5-13)22(21)16-10-6-14(7-11-16)19-17(20)12(2)18/h4-12H,3,18H2,1-2H3,(H,19,20). The number of aryl methyl sites for hydroxylation is 1. The van der Waals surface area contributed by atoms with Crippen molar-refractivity contribution in [1.82, 2.24) is 0 Å². The van der Waals surface area contributed by atoms with Crippen molar-refractivity contribution in [2.45, 2.75) is 36.1 Å². The van der Waals surface area contributed by atoms with E-state index in [-0.39, 0.29) is 5.91 Å². The average molecular weight is 316 g/mol. The molecule has 0 aliphatic carbocycles. The van der Waals surface area contributed by atoms with E-state index in [0.717, 1.165) is 11.3 Å². The summed E-state index contributed by atoms with van der Waals surface area (Å²) in [5.74, 6) is -0.246. The number of nitrogens with two attached hydrogens (primary N) is 1. The van der Waals surface area contributed by atoms with E-state index in [1.165, 1.54) is 5.56 Å². The molecule has 0 saturated carbocycles. The largest absolute Gasteiger partial charge is 0.325 e. The van der Waals surface area contributed by atoms with Crippen LogP contribution in [0.25, 0.3) is 0 Å². The summed E-state index contributed by atoms with van der Waals surface area (Å²) in [5, 5.41) is 2.70. The quantitative estimate of drug-likeness (QED) is 0.891. The molecule has 116 valence electrons. The Morgan fingerprint density at radius 1 is 1.09 bits per heavy atom. The maximum Gasteiger partial charge on any atom is 0.240 e. The molecule has 0 aliphatic heterocycles. The molecule has 22 heavy (non-hydrogen) atoms. The van der Waals surface area contributed by atoms with Gasteiger partial charge in [-0.05, 0) is 55.3 Å². The molecular weight excluding hydrogens is 296 g/mol. The predicted octanol–water partition coefficient (Wildman–Crippen LogP) is 2.70. The third-order valence-corrected chi connectivity index (χ3v) is 4.70. The fraction of sp³-hybridized carbons (Fsp3) is 0.235. The Morgan fingerprint density at radius 3 is 2.05 bits per heavy atom. The topological polar surface area (TPSA) is 72.2 Å². The van der Waals surface area contributed by atoms with Gasteiger partial charge in [-0.25, -0.2) is 4.21 Å². The lowest BCUT2D eigenvalue weighted by molar-refractivity contribution is -0.117. The molecule has 0 aromatic heterocycles. The first kappa shape index (κ1) is 16.4. The number of anilines is 1. The van der Waals surface area contributed by atoms with Crippen LogP contribution in [-0.2, 0) is 22.0 Å². The fourth-order valence-corrected chi connectivity index (χ4v) is 2.94. The minimum absolute atomic E-state index is 0.246. The third kappa shape index (κ3) is 4.02. The molecule has 0 radical (unpaired) electrons. The number of amides is 1. The van der Waals surface area contributed by atoms with Crippen LogP contribution in [0.15, 0.2) is 58.3 Å². The highest BCUT2D eigenvalue weighted by Gasteiger charge is 2.09. The van der Waals surface area contributed by atoms with E-state index in [1.807, 2.05) is 24.3 Å². The highest BCUT2D eigenvalue weighted by Crippen LogP contribution is 2.19. The second-order valence-corrected chi connectivity index (χ2v) is 6.55. The summed E-state index contributed by atoms with van der Waals surface area (Å²) >= 11 is 0. The van der Waals surface area contributed by atoms with Crippen LogP contribution >= 0.6 is 0 Å². The summed E-state index contributed by atoms with van der Waals surface area (Å²) in [6, 6.07) is 14.2. The molecule has 0 spiro atoms. The molecule has 2 unspecified atom stereocenters. The molecule has 1 amide bonds. The third-order valence-electron chi connectivity index (χ3n) is 3.30. The van der Waals surface area contributed by atoms with E-state index in [4.69, 9.17) is 5.73 Å². The first-order chi connectivity index (χ1) is 10.5. The maximum atomic E-state index is 12.5. The Morgan fingerprint density at radius 2 is 1.59 bits per heavy atom. The molecule has 0 aliphatic rings. The number of benzene rings is 2. The van der Waals surface area contributed by atoms with Gasteiger partial charge in [-0.3, -0.25) is 4.79 Å². The Balaban J connectivity index is 2.12. The van der Waals surface area contributed by atoms with Gasteiger partial charge < -0.3 is 11.1 Å². The number of hydrogen-bond acceptors (Lipinski definition) is 3. The highest BCUT2D eigenvalue weighted by molar-refractivity contribution is 7.85. The van der Waals surface area contributed by atoms with E-state index in [1.54, 1.807) is 31.2 Å². The summed E-state index contributed by atoms with van der Waals surface area (Å²) in [6.45, 7) is 3.71. The Kier molecular flexibility index (Phi) is 5.46. The molecule has 0 fully saturated rings. The Hall–Kier alpha value is -1.98. The second kappa shape index (κ2) is 7.33. The van der Waals surface area contributed by atoms with Crippen molar-refractivity contribution >= 4 is 22.4 Å². The van der Waals surface area contributed by atoms with Crippen molar-refractivity contribution in [2.75, 3.05) is 5.32 Å². The van der Waals surface area contributed by atoms with E-state index in [2.05, 4.69) is 12.2 Å². The normalized spacial score (nSPS) is 13.4. The molecule has 0 saturated heterocycles. The van der Waals surface area contributed by atoms with Gasteiger partial charge in [0.25, 0.3) is 0 Å². The van der Waals surface area contributed by atoms with Crippen molar-refractivity contribution in [1.29, 1.82) is 0 Å². The average Bonchev–Trinajstić information content (AvgIpc) is 2.55. The predicted molar refractivity (Wildman–Crippen MR) is 89.2 cm³/mol. The summed E-state index contributed by atoms with van der Waals surface area (Å²) in [5.41, 5.74) is 7.36. The van der Waals surface area contributed by atoms with Gasteiger partial charge >= 0.3 is 0 Å². The van der Waals surface area contributed by atoms with Gasteiger partial charge in [0.1, 0.15) is 0 Å². The van der Waals surface area contributed by atoms with Crippen molar-refractivity contribution in [3.05, 3.63) is 54.1 Å². The molecule has 0 bridgehead atoms. The molecule has 2 aromatic rings. The van der Waals surface area contributed by atoms with Crippen LogP contribution < -0.4 is 11.1 Å². The Bertz CT molecular complexity index is 664. The SMILES string of the molecule is CCc1ccc(S(=O)c2ccc(NC(=O)C(C)N)cc2)cc1. The lowest BCUT2D eigenvalue weighted by Gasteiger charge is -2.08. The second-order valence-electron chi connectivity index (χ2n) is 5.07. The lowest BCUT2D eigenvalue weighted by atomic mass is 10.2. The number of carbonyl (C=O) groups excluding carboxylic acids is 1. The van der Waals surface area contributed by atoms with Crippen molar-refractivity contribution in [3.63, 3.8) is 0 Å². The molecule has 4 nitrogen and oxygen atoms in total. The summed E-state index contributed by atoms with van der Waals surface area (Å²) in [7, 11) is -1.22. The minimum atomic E-state index is -1.22. The van der Waals surface area contributed by atoms with E-state index >= 15 is 0 Å².